The van der Waals surface area contributed by atoms with E-state index in [-0.39, 0.29) is 11.9 Å². The van der Waals surface area contributed by atoms with Gasteiger partial charge in [0.15, 0.2) is 0 Å². The first-order valence-electron chi connectivity index (χ1n) is 7.91. The van der Waals surface area contributed by atoms with Crippen LogP contribution in [0.25, 0.3) is 10.9 Å². The summed E-state index contributed by atoms with van der Waals surface area (Å²) in [5, 5.41) is 4.04. The van der Waals surface area contributed by atoms with Crippen molar-refractivity contribution in [2.45, 2.75) is 26.3 Å². The molecule has 0 bridgehead atoms. The summed E-state index contributed by atoms with van der Waals surface area (Å²) in [6.07, 6.45) is 0.845. The van der Waals surface area contributed by atoms with Gasteiger partial charge in [0.05, 0.1) is 17.1 Å². The standard InChI is InChI=1S/C20H20N2O/c1-3-18(15-9-5-4-6-10-15)22-20(23)17-13-14(2)21-19-12-8-7-11-16(17)19/h4-13,18H,3H2,1-2H3,(H,22,23). The van der Waals surface area contributed by atoms with Crippen LogP contribution in [0.15, 0.2) is 60.7 Å². The summed E-state index contributed by atoms with van der Waals surface area (Å²) in [5.74, 6) is -0.0533. The van der Waals surface area contributed by atoms with E-state index < -0.39 is 0 Å². The fourth-order valence-electron chi connectivity index (χ4n) is 2.84. The van der Waals surface area contributed by atoms with Crippen LogP contribution in [0.1, 0.15) is 41.0 Å². The number of para-hydroxylation sites is 1. The van der Waals surface area contributed by atoms with Gasteiger partial charge < -0.3 is 5.32 Å². The van der Waals surface area contributed by atoms with Crippen molar-refractivity contribution in [1.82, 2.24) is 10.3 Å². The molecule has 1 unspecified atom stereocenters. The first kappa shape index (κ1) is 15.2. The molecule has 1 atom stereocenters. The van der Waals surface area contributed by atoms with Crippen LogP contribution < -0.4 is 5.32 Å². The molecule has 3 aromatic rings. The normalized spacial score (nSPS) is 12.1. The van der Waals surface area contributed by atoms with Crippen molar-refractivity contribution in [3.63, 3.8) is 0 Å². The molecule has 0 fully saturated rings. The first-order valence-corrected chi connectivity index (χ1v) is 7.91. The summed E-state index contributed by atoms with van der Waals surface area (Å²) in [4.78, 5) is 17.3. The summed E-state index contributed by atoms with van der Waals surface area (Å²) in [7, 11) is 0. The molecule has 23 heavy (non-hydrogen) atoms. The first-order chi connectivity index (χ1) is 11.2. The topological polar surface area (TPSA) is 42.0 Å². The lowest BCUT2D eigenvalue weighted by Gasteiger charge is -2.18. The minimum absolute atomic E-state index is 0.0101. The van der Waals surface area contributed by atoms with Gasteiger partial charge in [0.2, 0.25) is 0 Å². The van der Waals surface area contributed by atoms with E-state index in [9.17, 15) is 4.79 Å². The molecule has 116 valence electrons. The zero-order valence-corrected chi connectivity index (χ0v) is 13.4. The average molecular weight is 304 g/mol. The number of hydrogen-bond acceptors (Lipinski definition) is 2. The number of nitrogens with one attached hydrogen (secondary N) is 1. The molecule has 0 aliphatic carbocycles. The predicted octanol–water partition coefficient (Wildman–Crippen LogP) is 4.42. The van der Waals surface area contributed by atoms with E-state index in [1.54, 1.807) is 0 Å². The van der Waals surface area contributed by atoms with Crippen molar-refractivity contribution in [2.24, 2.45) is 0 Å². The number of hydrogen-bond donors (Lipinski definition) is 1. The molecule has 3 nitrogen and oxygen atoms in total. The van der Waals surface area contributed by atoms with Crippen LogP contribution in [0, 0.1) is 6.92 Å². The van der Waals surface area contributed by atoms with Crippen molar-refractivity contribution in [3.05, 3.63) is 77.5 Å². The number of amides is 1. The molecule has 0 aliphatic heterocycles. The highest BCUT2D eigenvalue weighted by atomic mass is 16.1. The summed E-state index contributed by atoms with van der Waals surface area (Å²) in [5.41, 5.74) is 3.51. The number of benzene rings is 2. The van der Waals surface area contributed by atoms with Gasteiger partial charge in [-0.25, -0.2) is 0 Å². The molecule has 0 radical (unpaired) electrons. The molecular formula is C20H20N2O. The number of pyridine rings is 1. The van der Waals surface area contributed by atoms with Gasteiger partial charge in [-0.1, -0.05) is 55.5 Å². The van der Waals surface area contributed by atoms with Crippen LogP contribution in [-0.2, 0) is 0 Å². The van der Waals surface area contributed by atoms with E-state index >= 15 is 0 Å². The van der Waals surface area contributed by atoms with Crippen molar-refractivity contribution in [1.29, 1.82) is 0 Å². The second-order valence-electron chi connectivity index (χ2n) is 5.67. The van der Waals surface area contributed by atoms with E-state index in [0.29, 0.717) is 5.56 Å². The molecule has 1 N–H and O–H groups in total. The van der Waals surface area contributed by atoms with E-state index in [0.717, 1.165) is 28.6 Å². The number of fused-ring (bicyclic) bond motifs is 1. The predicted molar refractivity (Wildman–Crippen MR) is 93.4 cm³/mol. The third-order valence-electron chi connectivity index (χ3n) is 4.00. The van der Waals surface area contributed by atoms with Crippen molar-refractivity contribution in [2.75, 3.05) is 0 Å². The molecule has 0 aliphatic rings. The molecule has 3 rings (SSSR count). The Morgan fingerprint density at radius 3 is 2.52 bits per heavy atom. The highest BCUT2D eigenvalue weighted by molar-refractivity contribution is 6.06. The SMILES string of the molecule is CCC(NC(=O)c1cc(C)nc2ccccc12)c1ccccc1. The fraction of sp³-hybridized carbons (Fsp3) is 0.200. The Morgan fingerprint density at radius 2 is 1.78 bits per heavy atom. The minimum Gasteiger partial charge on any atom is -0.345 e. The van der Waals surface area contributed by atoms with Gasteiger partial charge >= 0.3 is 0 Å². The Kier molecular flexibility index (Phi) is 4.38. The van der Waals surface area contributed by atoms with Crippen molar-refractivity contribution >= 4 is 16.8 Å². The summed E-state index contributed by atoms with van der Waals surface area (Å²) >= 11 is 0. The van der Waals surface area contributed by atoms with Gasteiger partial charge in [-0.3, -0.25) is 9.78 Å². The van der Waals surface area contributed by atoms with E-state index in [1.807, 2.05) is 67.6 Å². The Labute approximate surface area is 136 Å². The molecule has 1 aromatic heterocycles. The highest BCUT2D eigenvalue weighted by Crippen LogP contribution is 2.21. The third kappa shape index (κ3) is 3.24. The monoisotopic (exact) mass is 304 g/mol. The van der Waals surface area contributed by atoms with Gasteiger partial charge in [-0.05, 0) is 31.0 Å². The summed E-state index contributed by atoms with van der Waals surface area (Å²) < 4.78 is 0. The Hall–Kier alpha value is -2.68. The molecular weight excluding hydrogens is 284 g/mol. The Bertz CT molecular complexity index is 827. The third-order valence-corrected chi connectivity index (χ3v) is 4.00. The fourth-order valence-corrected chi connectivity index (χ4v) is 2.84. The van der Waals surface area contributed by atoms with Gasteiger partial charge in [0.25, 0.3) is 5.91 Å². The van der Waals surface area contributed by atoms with Crippen molar-refractivity contribution < 1.29 is 4.79 Å². The number of carbonyl (C=O) groups excluding carboxylic acids is 1. The molecule has 0 saturated carbocycles. The number of aryl methyl sites for hydroxylation is 1. The van der Waals surface area contributed by atoms with Gasteiger partial charge in [0, 0.05) is 11.1 Å². The van der Waals surface area contributed by atoms with Crippen LogP contribution in [0.2, 0.25) is 0 Å². The maximum Gasteiger partial charge on any atom is 0.252 e. The van der Waals surface area contributed by atoms with Crippen LogP contribution in [0.3, 0.4) is 0 Å². The second-order valence-corrected chi connectivity index (χ2v) is 5.67. The van der Waals surface area contributed by atoms with Gasteiger partial charge in [0.1, 0.15) is 0 Å². The Morgan fingerprint density at radius 1 is 1.09 bits per heavy atom. The van der Waals surface area contributed by atoms with Crippen LogP contribution in [0.4, 0.5) is 0 Å². The quantitative estimate of drug-likeness (QED) is 0.775. The molecule has 2 aromatic carbocycles. The molecule has 1 heterocycles. The average Bonchev–Trinajstić information content (AvgIpc) is 2.59. The lowest BCUT2D eigenvalue weighted by atomic mass is 10.0. The number of rotatable bonds is 4. The largest absolute Gasteiger partial charge is 0.345 e. The van der Waals surface area contributed by atoms with E-state index in [2.05, 4.69) is 17.2 Å². The second kappa shape index (κ2) is 6.61. The summed E-state index contributed by atoms with van der Waals surface area (Å²) in [6.45, 7) is 3.99. The lowest BCUT2D eigenvalue weighted by Crippen LogP contribution is -2.28. The maximum atomic E-state index is 12.8. The molecule has 3 heteroatoms. The van der Waals surface area contributed by atoms with E-state index in [1.165, 1.54) is 0 Å². The lowest BCUT2D eigenvalue weighted by molar-refractivity contribution is 0.0937. The Balaban J connectivity index is 1.94. The van der Waals surface area contributed by atoms with Crippen LogP contribution in [-0.4, -0.2) is 10.9 Å². The zero-order valence-electron chi connectivity index (χ0n) is 13.4. The van der Waals surface area contributed by atoms with E-state index in [4.69, 9.17) is 0 Å². The minimum atomic E-state index is -0.0533. The number of carbonyl (C=O) groups is 1. The van der Waals surface area contributed by atoms with Gasteiger partial charge in [-0.15, -0.1) is 0 Å². The maximum absolute atomic E-state index is 12.8. The number of aromatic nitrogens is 1. The molecule has 0 saturated heterocycles. The number of nitrogens with zero attached hydrogens (tertiary/aromatic N) is 1. The van der Waals surface area contributed by atoms with Crippen LogP contribution >= 0.6 is 0 Å². The van der Waals surface area contributed by atoms with Crippen molar-refractivity contribution in [3.8, 4) is 0 Å². The smallest absolute Gasteiger partial charge is 0.252 e. The van der Waals surface area contributed by atoms with Gasteiger partial charge in [-0.2, -0.15) is 0 Å². The highest BCUT2D eigenvalue weighted by Gasteiger charge is 2.16. The van der Waals surface area contributed by atoms with Crippen LogP contribution in [0.5, 0.6) is 0 Å². The zero-order chi connectivity index (χ0) is 16.2. The molecule has 1 amide bonds. The summed E-state index contributed by atoms with van der Waals surface area (Å²) in [6, 6.07) is 19.7. The molecule has 0 spiro atoms.